The van der Waals surface area contributed by atoms with Crippen LogP contribution in [0, 0.1) is 18.3 Å². The number of nitrogens with one attached hydrogen (secondary N) is 1. The van der Waals surface area contributed by atoms with Gasteiger partial charge >= 0.3 is 5.97 Å². The summed E-state index contributed by atoms with van der Waals surface area (Å²) in [5, 5.41) is 16.3. The Kier molecular flexibility index (Phi) is 5.50. The van der Waals surface area contributed by atoms with Gasteiger partial charge in [-0.05, 0) is 42.7 Å². The van der Waals surface area contributed by atoms with Crippen LogP contribution in [0.4, 0.5) is 5.69 Å². The number of hydrogen-bond donors (Lipinski definition) is 2. The number of aryl methyl sites for hydroxylation is 1. The third-order valence-corrected chi connectivity index (χ3v) is 4.50. The Morgan fingerprint density at radius 2 is 2.19 bits per heavy atom. The van der Waals surface area contributed by atoms with Crippen LogP contribution in [-0.2, 0) is 14.8 Å². The maximum Gasteiger partial charge on any atom is 0.328 e. The van der Waals surface area contributed by atoms with Gasteiger partial charge in [0.2, 0.25) is 10.0 Å². The monoisotopic (exact) mass is 308 g/mol. The molecule has 0 saturated carbocycles. The van der Waals surface area contributed by atoms with Crippen LogP contribution in [-0.4, -0.2) is 24.7 Å². The molecule has 1 aromatic carbocycles. The highest BCUT2D eigenvalue weighted by atomic mass is 32.2. The van der Waals surface area contributed by atoms with Crippen molar-refractivity contribution in [2.45, 2.75) is 25.5 Å². The van der Waals surface area contributed by atoms with Gasteiger partial charge in [-0.1, -0.05) is 13.0 Å². The SMILES string of the molecule is CCC(C#N)S(=O)(=O)Nc1ccc(C=CC(=O)O)cc1C. The molecule has 0 radical (unpaired) electrons. The lowest BCUT2D eigenvalue weighted by Crippen LogP contribution is -2.26. The van der Waals surface area contributed by atoms with E-state index in [2.05, 4.69) is 4.72 Å². The van der Waals surface area contributed by atoms with Crippen molar-refractivity contribution in [2.24, 2.45) is 0 Å². The zero-order valence-corrected chi connectivity index (χ0v) is 12.5. The molecule has 112 valence electrons. The number of rotatable bonds is 6. The van der Waals surface area contributed by atoms with Gasteiger partial charge in [-0.25, -0.2) is 13.2 Å². The molecule has 2 N–H and O–H groups in total. The average Bonchev–Trinajstić information content (AvgIpc) is 2.40. The number of carboxylic acids is 1. The van der Waals surface area contributed by atoms with Crippen LogP contribution >= 0.6 is 0 Å². The van der Waals surface area contributed by atoms with E-state index in [1.807, 2.05) is 0 Å². The second-order valence-electron chi connectivity index (χ2n) is 4.42. The van der Waals surface area contributed by atoms with Gasteiger partial charge in [0.15, 0.2) is 5.25 Å². The number of sulfonamides is 1. The fourth-order valence-electron chi connectivity index (χ4n) is 1.68. The van der Waals surface area contributed by atoms with Crippen LogP contribution in [0.25, 0.3) is 6.08 Å². The fraction of sp³-hybridized carbons (Fsp3) is 0.286. The highest BCUT2D eigenvalue weighted by Gasteiger charge is 2.23. The van der Waals surface area contributed by atoms with Crippen LogP contribution in [0.15, 0.2) is 24.3 Å². The molecule has 0 bridgehead atoms. The molecule has 0 aromatic heterocycles. The second-order valence-corrected chi connectivity index (χ2v) is 6.28. The summed E-state index contributed by atoms with van der Waals surface area (Å²) in [4.78, 5) is 10.4. The maximum atomic E-state index is 12.0. The summed E-state index contributed by atoms with van der Waals surface area (Å²) < 4.78 is 26.4. The van der Waals surface area contributed by atoms with E-state index in [1.54, 1.807) is 38.1 Å². The van der Waals surface area contributed by atoms with Crippen molar-refractivity contribution in [1.29, 1.82) is 5.26 Å². The van der Waals surface area contributed by atoms with Crippen LogP contribution in [0.1, 0.15) is 24.5 Å². The van der Waals surface area contributed by atoms with Crippen molar-refractivity contribution >= 4 is 27.8 Å². The summed E-state index contributed by atoms with van der Waals surface area (Å²) in [7, 11) is -3.76. The van der Waals surface area contributed by atoms with E-state index < -0.39 is 21.2 Å². The smallest absolute Gasteiger partial charge is 0.328 e. The lowest BCUT2D eigenvalue weighted by atomic mass is 10.1. The normalized spacial score (nSPS) is 12.8. The molecular weight excluding hydrogens is 292 g/mol. The van der Waals surface area contributed by atoms with Gasteiger partial charge in [0.05, 0.1) is 11.8 Å². The predicted molar refractivity (Wildman–Crippen MR) is 80.1 cm³/mol. The molecule has 0 fully saturated rings. The Bertz CT molecular complexity index is 702. The summed E-state index contributed by atoms with van der Waals surface area (Å²) in [6.07, 6.45) is 2.61. The standard InChI is InChI=1S/C14H16N2O4S/c1-3-12(9-15)21(19,20)16-13-6-4-11(8-10(13)2)5-7-14(17)18/h4-8,12,16H,3H2,1-2H3,(H,17,18). The topological polar surface area (TPSA) is 107 Å². The Balaban J connectivity index is 3.02. The number of nitrogens with zero attached hydrogens (tertiary/aromatic N) is 1. The van der Waals surface area contributed by atoms with E-state index in [0.29, 0.717) is 16.8 Å². The van der Waals surface area contributed by atoms with Crippen LogP contribution in [0.3, 0.4) is 0 Å². The highest BCUT2D eigenvalue weighted by Crippen LogP contribution is 2.20. The Hall–Kier alpha value is -2.33. The summed E-state index contributed by atoms with van der Waals surface area (Å²) in [6, 6.07) is 6.54. The molecule has 1 atom stereocenters. The number of aliphatic carboxylic acids is 1. The molecule has 21 heavy (non-hydrogen) atoms. The molecule has 6 nitrogen and oxygen atoms in total. The molecule has 0 aliphatic heterocycles. The van der Waals surface area contributed by atoms with Gasteiger partial charge < -0.3 is 5.11 Å². The van der Waals surface area contributed by atoms with Gasteiger partial charge in [0, 0.05) is 6.08 Å². The first-order valence-corrected chi connectivity index (χ1v) is 7.77. The molecule has 0 saturated heterocycles. The van der Waals surface area contributed by atoms with Gasteiger partial charge in [-0.15, -0.1) is 0 Å². The molecule has 1 unspecified atom stereocenters. The van der Waals surface area contributed by atoms with E-state index in [9.17, 15) is 13.2 Å². The van der Waals surface area contributed by atoms with Gasteiger partial charge in [-0.3, -0.25) is 4.72 Å². The highest BCUT2D eigenvalue weighted by molar-refractivity contribution is 7.93. The largest absolute Gasteiger partial charge is 0.478 e. The van der Waals surface area contributed by atoms with E-state index >= 15 is 0 Å². The molecule has 0 aliphatic rings. The fourth-order valence-corrected chi connectivity index (χ4v) is 2.93. The van der Waals surface area contributed by atoms with Crippen molar-refractivity contribution in [2.75, 3.05) is 4.72 Å². The number of carbonyl (C=O) groups is 1. The van der Waals surface area contributed by atoms with Crippen molar-refractivity contribution in [3.05, 3.63) is 35.4 Å². The first-order valence-electron chi connectivity index (χ1n) is 6.23. The number of carboxylic acid groups (broad SMARTS) is 1. The van der Waals surface area contributed by atoms with Gasteiger partial charge in [0.25, 0.3) is 0 Å². The minimum Gasteiger partial charge on any atom is -0.478 e. The molecule has 1 rings (SSSR count). The molecular formula is C14H16N2O4S. The number of benzene rings is 1. The Labute approximate surface area is 123 Å². The lowest BCUT2D eigenvalue weighted by Gasteiger charge is -2.13. The molecule has 0 aliphatic carbocycles. The first kappa shape index (κ1) is 16.7. The summed E-state index contributed by atoms with van der Waals surface area (Å²) in [5.74, 6) is -1.06. The molecule has 0 spiro atoms. The van der Waals surface area contributed by atoms with Crippen molar-refractivity contribution in [3.63, 3.8) is 0 Å². The second kappa shape index (κ2) is 6.90. The Morgan fingerprint density at radius 3 is 2.67 bits per heavy atom. The van der Waals surface area contributed by atoms with E-state index in [0.717, 1.165) is 6.08 Å². The average molecular weight is 308 g/mol. The van der Waals surface area contributed by atoms with Crippen molar-refractivity contribution in [1.82, 2.24) is 0 Å². The summed E-state index contributed by atoms with van der Waals surface area (Å²) >= 11 is 0. The lowest BCUT2D eigenvalue weighted by molar-refractivity contribution is -0.131. The number of hydrogen-bond acceptors (Lipinski definition) is 4. The summed E-state index contributed by atoms with van der Waals surface area (Å²) in [5.41, 5.74) is 1.65. The minimum absolute atomic E-state index is 0.199. The molecule has 0 heterocycles. The maximum absolute atomic E-state index is 12.0. The van der Waals surface area contributed by atoms with E-state index in [-0.39, 0.29) is 6.42 Å². The van der Waals surface area contributed by atoms with E-state index in [1.165, 1.54) is 6.08 Å². The number of nitriles is 1. The quantitative estimate of drug-likeness (QED) is 0.783. The third-order valence-electron chi connectivity index (χ3n) is 2.81. The molecule has 1 aromatic rings. The molecule has 7 heteroatoms. The number of anilines is 1. The van der Waals surface area contributed by atoms with Crippen LogP contribution < -0.4 is 4.72 Å². The Morgan fingerprint density at radius 1 is 1.52 bits per heavy atom. The summed E-state index contributed by atoms with van der Waals surface area (Å²) in [6.45, 7) is 3.32. The third kappa shape index (κ3) is 4.61. The zero-order chi connectivity index (χ0) is 16.0. The minimum atomic E-state index is -3.76. The first-order chi connectivity index (χ1) is 9.80. The van der Waals surface area contributed by atoms with Crippen molar-refractivity contribution < 1.29 is 18.3 Å². The van der Waals surface area contributed by atoms with Crippen molar-refractivity contribution in [3.8, 4) is 6.07 Å². The molecule has 0 amide bonds. The zero-order valence-electron chi connectivity index (χ0n) is 11.7. The van der Waals surface area contributed by atoms with Crippen LogP contribution in [0.2, 0.25) is 0 Å². The van der Waals surface area contributed by atoms with Gasteiger partial charge in [-0.2, -0.15) is 5.26 Å². The van der Waals surface area contributed by atoms with Gasteiger partial charge in [0.1, 0.15) is 0 Å². The predicted octanol–water partition coefficient (Wildman–Crippen LogP) is 2.14. The van der Waals surface area contributed by atoms with E-state index in [4.69, 9.17) is 10.4 Å². The van der Waals surface area contributed by atoms with Crippen LogP contribution in [0.5, 0.6) is 0 Å².